The third-order valence-electron chi connectivity index (χ3n) is 2.11. The van der Waals surface area contributed by atoms with E-state index in [2.05, 4.69) is 4.74 Å². The minimum absolute atomic E-state index is 0.00309. The summed E-state index contributed by atoms with van der Waals surface area (Å²) in [4.78, 5) is 22.3. The van der Waals surface area contributed by atoms with E-state index in [1.54, 1.807) is 0 Å². The molecular weight excluding hydrogens is 309 g/mol. The molecule has 0 aliphatic rings. The zero-order valence-electron chi connectivity index (χ0n) is 10.8. The number of ketones is 1. The SMILES string of the molecule is CCOC(=O)C(=O)/C=C(\O)c1cccc(SC(F)(F)F)c1. The van der Waals surface area contributed by atoms with Crippen LogP contribution >= 0.6 is 11.8 Å². The van der Waals surface area contributed by atoms with Crippen LogP contribution in [0.4, 0.5) is 13.2 Å². The first-order valence-electron chi connectivity index (χ1n) is 5.71. The number of halogens is 3. The first-order chi connectivity index (χ1) is 9.73. The molecule has 0 spiro atoms. The highest BCUT2D eigenvalue weighted by Gasteiger charge is 2.29. The topological polar surface area (TPSA) is 63.6 Å². The second kappa shape index (κ2) is 7.16. The number of alkyl halides is 3. The van der Waals surface area contributed by atoms with Gasteiger partial charge >= 0.3 is 11.5 Å². The average Bonchev–Trinajstić information content (AvgIpc) is 2.37. The summed E-state index contributed by atoms with van der Waals surface area (Å²) in [5, 5.41) is 9.67. The lowest BCUT2D eigenvalue weighted by atomic mass is 10.1. The van der Waals surface area contributed by atoms with E-state index in [-0.39, 0.29) is 28.8 Å². The number of hydrogen-bond donors (Lipinski definition) is 1. The van der Waals surface area contributed by atoms with Crippen LogP contribution in [0.1, 0.15) is 12.5 Å². The van der Waals surface area contributed by atoms with Gasteiger partial charge in [0.1, 0.15) is 5.76 Å². The van der Waals surface area contributed by atoms with Gasteiger partial charge in [-0.25, -0.2) is 4.79 Å². The Kier molecular flexibility index (Phi) is 5.83. The molecule has 0 fully saturated rings. The summed E-state index contributed by atoms with van der Waals surface area (Å²) in [6, 6.07) is 4.87. The molecule has 21 heavy (non-hydrogen) atoms. The number of benzene rings is 1. The van der Waals surface area contributed by atoms with E-state index < -0.39 is 23.0 Å². The number of carbonyl (C=O) groups is 2. The van der Waals surface area contributed by atoms with Crippen LogP contribution in [0.5, 0.6) is 0 Å². The Bertz CT molecular complexity index is 567. The molecule has 4 nitrogen and oxygen atoms in total. The molecule has 1 aromatic rings. The van der Waals surface area contributed by atoms with Gasteiger partial charge in [0.15, 0.2) is 0 Å². The maximum Gasteiger partial charge on any atom is 0.446 e. The first kappa shape index (κ1) is 17.1. The highest BCUT2D eigenvalue weighted by atomic mass is 32.2. The minimum Gasteiger partial charge on any atom is -0.507 e. The van der Waals surface area contributed by atoms with Crippen LogP contribution < -0.4 is 0 Å². The zero-order chi connectivity index (χ0) is 16.0. The molecule has 0 radical (unpaired) electrons. The maximum absolute atomic E-state index is 12.2. The minimum atomic E-state index is -4.46. The van der Waals surface area contributed by atoms with Crippen molar-refractivity contribution in [2.24, 2.45) is 0 Å². The van der Waals surface area contributed by atoms with Gasteiger partial charge in [-0.15, -0.1) is 0 Å². The van der Waals surface area contributed by atoms with Gasteiger partial charge in [-0.05, 0) is 30.8 Å². The summed E-state index contributed by atoms with van der Waals surface area (Å²) in [5.74, 6) is -2.86. The first-order valence-corrected chi connectivity index (χ1v) is 6.52. The molecule has 8 heteroatoms. The summed E-state index contributed by atoms with van der Waals surface area (Å²) in [5.41, 5.74) is -4.47. The van der Waals surface area contributed by atoms with Gasteiger partial charge < -0.3 is 9.84 Å². The van der Waals surface area contributed by atoms with Gasteiger partial charge in [0, 0.05) is 16.5 Å². The fourth-order valence-corrected chi connectivity index (χ4v) is 1.92. The van der Waals surface area contributed by atoms with Crippen LogP contribution in [0.15, 0.2) is 35.2 Å². The number of thioether (sulfide) groups is 1. The van der Waals surface area contributed by atoms with Crippen LogP contribution in [-0.4, -0.2) is 29.0 Å². The number of hydrogen-bond acceptors (Lipinski definition) is 5. The predicted molar refractivity (Wildman–Crippen MR) is 70.6 cm³/mol. The smallest absolute Gasteiger partial charge is 0.446 e. The van der Waals surface area contributed by atoms with Crippen molar-refractivity contribution in [3.8, 4) is 0 Å². The number of rotatable bonds is 5. The molecule has 0 bridgehead atoms. The molecule has 0 unspecified atom stereocenters. The molecule has 114 valence electrons. The van der Waals surface area contributed by atoms with Crippen LogP contribution in [0.2, 0.25) is 0 Å². The Labute approximate surface area is 122 Å². The highest BCUT2D eigenvalue weighted by Crippen LogP contribution is 2.37. The third kappa shape index (κ3) is 5.90. The van der Waals surface area contributed by atoms with E-state index in [1.165, 1.54) is 25.1 Å². The summed E-state index contributed by atoms with van der Waals surface area (Å²) in [6.45, 7) is 1.50. The third-order valence-corrected chi connectivity index (χ3v) is 2.83. The Hall–Kier alpha value is -1.96. The summed E-state index contributed by atoms with van der Waals surface area (Å²) in [7, 11) is 0. The molecule has 0 amide bonds. The van der Waals surface area contributed by atoms with E-state index in [9.17, 15) is 27.9 Å². The van der Waals surface area contributed by atoms with E-state index in [1.807, 2.05) is 0 Å². The normalized spacial score (nSPS) is 12.1. The predicted octanol–water partition coefficient (Wildman–Crippen LogP) is 3.33. The second-order valence-electron chi connectivity index (χ2n) is 3.69. The molecule has 1 rings (SSSR count). The lowest BCUT2D eigenvalue weighted by Gasteiger charge is -2.07. The fraction of sp³-hybridized carbons (Fsp3) is 0.231. The quantitative estimate of drug-likeness (QED) is 0.296. The molecular formula is C13H11F3O4S. The Balaban J connectivity index is 2.92. The van der Waals surface area contributed by atoms with Crippen molar-refractivity contribution in [1.82, 2.24) is 0 Å². The molecule has 0 aliphatic heterocycles. The van der Waals surface area contributed by atoms with Crippen LogP contribution in [-0.2, 0) is 14.3 Å². The van der Waals surface area contributed by atoms with E-state index in [0.717, 1.165) is 6.07 Å². The summed E-state index contributed by atoms with van der Waals surface area (Å²) < 4.78 is 41.2. The van der Waals surface area contributed by atoms with E-state index in [4.69, 9.17) is 0 Å². The largest absolute Gasteiger partial charge is 0.507 e. The lowest BCUT2D eigenvalue weighted by molar-refractivity contribution is -0.151. The van der Waals surface area contributed by atoms with Crippen molar-refractivity contribution in [2.75, 3.05) is 6.61 Å². The molecule has 1 N–H and O–H groups in total. The van der Waals surface area contributed by atoms with Gasteiger partial charge in [0.2, 0.25) is 0 Å². The molecule has 0 saturated carbocycles. The molecule has 0 aliphatic carbocycles. The second-order valence-corrected chi connectivity index (χ2v) is 4.83. The van der Waals surface area contributed by atoms with E-state index >= 15 is 0 Å². The van der Waals surface area contributed by atoms with Crippen LogP contribution in [0, 0.1) is 0 Å². The summed E-state index contributed by atoms with van der Waals surface area (Å²) in [6.07, 6.45) is 0.607. The standard InChI is InChI=1S/C13H11F3O4S/c1-2-20-12(19)11(18)7-10(17)8-4-3-5-9(6-8)21-13(14,15)16/h3-7,17H,2H2,1H3/b10-7-. The van der Waals surface area contributed by atoms with Crippen molar-refractivity contribution in [3.05, 3.63) is 35.9 Å². The Morgan fingerprint density at radius 1 is 1.38 bits per heavy atom. The fourth-order valence-electron chi connectivity index (χ4n) is 1.32. The Morgan fingerprint density at radius 3 is 2.62 bits per heavy atom. The van der Waals surface area contributed by atoms with Gasteiger partial charge in [0.25, 0.3) is 5.78 Å². The highest BCUT2D eigenvalue weighted by molar-refractivity contribution is 8.00. The molecule has 0 atom stereocenters. The number of esters is 1. The molecule has 0 heterocycles. The zero-order valence-corrected chi connectivity index (χ0v) is 11.6. The number of carbonyl (C=O) groups excluding carboxylic acids is 2. The number of ether oxygens (including phenoxy) is 1. The van der Waals surface area contributed by atoms with Gasteiger partial charge in [0.05, 0.1) is 6.61 Å². The lowest BCUT2D eigenvalue weighted by Crippen LogP contribution is -2.15. The van der Waals surface area contributed by atoms with Crippen molar-refractivity contribution < 1.29 is 32.6 Å². The summed E-state index contributed by atoms with van der Waals surface area (Å²) >= 11 is -0.349. The van der Waals surface area contributed by atoms with Gasteiger partial charge in [-0.1, -0.05) is 12.1 Å². The van der Waals surface area contributed by atoms with Crippen molar-refractivity contribution in [1.29, 1.82) is 0 Å². The van der Waals surface area contributed by atoms with Gasteiger partial charge in [-0.2, -0.15) is 13.2 Å². The van der Waals surface area contributed by atoms with Crippen LogP contribution in [0.25, 0.3) is 5.76 Å². The van der Waals surface area contributed by atoms with Crippen LogP contribution in [0.3, 0.4) is 0 Å². The molecule has 0 saturated heterocycles. The number of aliphatic hydroxyl groups is 1. The molecule has 0 aromatic heterocycles. The number of aliphatic hydroxyl groups excluding tert-OH is 1. The average molecular weight is 320 g/mol. The maximum atomic E-state index is 12.2. The van der Waals surface area contributed by atoms with E-state index in [0.29, 0.717) is 6.08 Å². The van der Waals surface area contributed by atoms with Crippen molar-refractivity contribution in [2.45, 2.75) is 17.3 Å². The monoisotopic (exact) mass is 320 g/mol. The Morgan fingerprint density at radius 2 is 2.05 bits per heavy atom. The van der Waals surface area contributed by atoms with Crippen molar-refractivity contribution in [3.63, 3.8) is 0 Å². The molecule has 1 aromatic carbocycles. The van der Waals surface area contributed by atoms with Gasteiger partial charge in [-0.3, -0.25) is 4.79 Å². The van der Waals surface area contributed by atoms with Crippen molar-refractivity contribution >= 4 is 29.3 Å².